The first kappa shape index (κ1) is 17.2. The lowest BCUT2D eigenvalue weighted by molar-refractivity contribution is -0.145. The second-order valence-electron chi connectivity index (χ2n) is 6.73. The largest absolute Gasteiger partial charge is 0.375 e. The summed E-state index contributed by atoms with van der Waals surface area (Å²) < 4.78 is 4.80. The van der Waals surface area contributed by atoms with Gasteiger partial charge in [0.2, 0.25) is 11.8 Å². The average molecular weight is 311 g/mol. The average Bonchev–Trinajstić information content (AvgIpc) is 2.43. The van der Waals surface area contributed by atoms with Crippen LogP contribution >= 0.6 is 0 Å². The molecule has 0 aromatic rings. The van der Waals surface area contributed by atoms with E-state index < -0.39 is 0 Å². The second kappa shape index (κ2) is 7.92. The van der Waals surface area contributed by atoms with Crippen LogP contribution in [0.15, 0.2) is 0 Å². The highest BCUT2D eigenvalue weighted by Gasteiger charge is 2.38. The molecule has 1 atom stereocenters. The molecule has 0 spiro atoms. The van der Waals surface area contributed by atoms with Crippen LogP contribution in [0.1, 0.15) is 33.1 Å². The second-order valence-corrected chi connectivity index (χ2v) is 6.73. The van der Waals surface area contributed by atoms with Crippen molar-refractivity contribution in [2.24, 2.45) is 5.92 Å². The van der Waals surface area contributed by atoms with E-state index in [4.69, 9.17) is 4.74 Å². The first-order valence-electron chi connectivity index (χ1n) is 8.34. The third kappa shape index (κ3) is 4.20. The van der Waals surface area contributed by atoms with Crippen LogP contribution < -0.4 is 5.32 Å². The van der Waals surface area contributed by atoms with Crippen molar-refractivity contribution in [1.29, 1.82) is 0 Å². The predicted molar refractivity (Wildman–Crippen MR) is 84.4 cm³/mol. The number of piperidine rings is 1. The molecule has 6 nitrogen and oxygen atoms in total. The van der Waals surface area contributed by atoms with Crippen LogP contribution in [0.5, 0.6) is 0 Å². The molecule has 2 aliphatic rings. The van der Waals surface area contributed by atoms with Crippen LogP contribution in [-0.4, -0.2) is 73.6 Å². The van der Waals surface area contributed by atoms with E-state index in [0.29, 0.717) is 19.0 Å². The van der Waals surface area contributed by atoms with Crippen molar-refractivity contribution in [2.45, 2.75) is 45.2 Å². The number of carbonyl (C=O) groups excluding carboxylic acids is 2. The van der Waals surface area contributed by atoms with E-state index in [9.17, 15) is 9.59 Å². The molecule has 2 rings (SSSR count). The van der Waals surface area contributed by atoms with Gasteiger partial charge in [-0.2, -0.15) is 0 Å². The predicted octanol–water partition coefficient (Wildman–Crippen LogP) is 0.470. The van der Waals surface area contributed by atoms with Gasteiger partial charge < -0.3 is 15.0 Å². The zero-order valence-corrected chi connectivity index (χ0v) is 14.0. The SMILES string of the molecule is COCC(=O)NC1CN(C(=O)C(C(C)C)N2CCCCC2)C1. The Kier molecular flexibility index (Phi) is 6.20. The van der Waals surface area contributed by atoms with E-state index in [1.165, 1.54) is 26.4 Å². The zero-order valence-electron chi connectivity index (χ0n) is 14.0. The van der Waals surface area contributed by atoms with Crippen molar-refractivity contribution in [3.63, 3.8) is 0 Å². The quantitative estimate of drug-likeness (QED) is 0.775. The third-order valence-corrected chi connectivity index (χ3v) is 4.50. The van der Waals surface area contributed by atoms with Gasteiger partial charge in [-0.05, 0) is 31.8 Å². The van der Waals surface area contributed by atoms with Gasteiger partial charge in [-0.15, -0.1) is 0 Å². The van der Waals surface area contributed by atoms with E-state index in [-0.39, 0.29) is 30.5 Å². The van der Waals surface area contributed by atoms with Crippen molar-refractivity contribution in [3.05, 3.63) is 0 Å². The lowest BCUT2D eigenvalue weighted by Gasteiger charge is -2.45. The number of hydrogen-bond donors (Lipinski definition) is 1. The summed E-state index contributed by atoms with van der Waals surface area (Å²) in [6.45, 7) is 7.60. The molecule has 0 aromatic carbocycles. The van der Waals surface area contributed by atoms with Gasteiger partial charge in [0.05, 0.1) is 12.1 Å². The van der Waals surface area contributed by atoms with Gasteiger partial charge in [-0.3, -0.25) is 14.5 Å². The van der Waals surface area contributed by atoms with Crippen molar-refractivity contribution in [2.75, 3.05) is 39.9 Å². The number of likely N-dealkylation sites (tertiary alicyclic amines) is 2. The van der Waals surface area contributed by atoms with E-state index >= 15 is 0 Å². The van der Waals surface area contributed by atoms with E-state index in [2.05, 4.69) is 24.1 Å². The van der Waals surface area contributed by atoms with Crippen LogP contribution in [0.25, 0.3) is 0 Å². The summed E-state index contributed by atoms with van der Waals surface area (Å²) in [5.41, 5.74) is 0. The number of rotatable bonds is 6. The summed E-state index contributed by atoms with van der Waals surface area (Å²) in [5.74, 6) is 0.415. The van der Waals surface area contributed by atoms with Crippen LogP contribution in [0.4, 0.5) is 0 Å². The van der Waals surface area contributed by atoms with Crippen molar-refractivity contribution >= 4 is 11.8 Å². The van der Waals surface area contributed by atoms with Crippen LogP contribution in [-0.2, 0) is 14.3 Å². The molecular weight excluding hydrogens is 282 g/mol. The zero-order chi connectivity index (χ0) is 16.1. The summed E-state index contributed by atoms with van der Waals surface area (Å²) in [5, 5.41) is 2.88. The standard InChI is InChI=1S/C16H29N3O3/c1-12(2)15(18-7-5-4-6-8-18)16(21)19-9-13(10-19)17-14(20)11-22-3/h12-13,15H,4-11H2,1-3H3,(H,17,20). The molecule has 126 valence electrons. The molecule has 22 heavy (non-hydrogen) atoms. The number of hydrogen-bond acceptors (Lipinski definition) is 4. The van der Waals surface area contributed by atoms with E-state index in [1.807, 2.05) is 4.90 Å². The molecule has 0 bridgehead atoms. The fourth-order valence-corrected chi connectivity index (χ4v) is 3.40. The molecule has 0 saturated carbocycles. The van der Waals surface area contributed by atoms with E-state index in [0.717, 1.165) is 13.1 Å². The summed E-state index contributed by atoms with van der Waals surface area (Å²) in [4.78, 5) is 28.4. The molecule has 6 heteroatoms. The first-order valence-corrected chi connectivity index (χ1v) is 8.34. The highest BCUT2D eigenvalue weighted by atomic mass is 16.5. The molecule has 2 heterocycles. The lowest BCUT2D eigenvalue weighted by Crippen LogP contribution is -2.65. The minimum atomic E-state index is -0.115. The number of methoxy groups -OCH3 is 1. The van der Waals surface area contributed by atoms with Gasteiger partial charge in [0.25, 0.3) is 0 Å². The molecule has 1 N–H and O–H groups in total. The number of nitrogens with one attached hydrogen (secondary N) is 1. The molecule has 2 amide bonds. The van der Waals surface area contributed by atoms with Crippen molar-refractivity contribution in [1.82, 2.24) is 15.1 Å². The van der Waals surface area contributed by atoms with Crippen LogP contribution in [0.2, 0.25) is 0 Å². The Bertz CT molecular complexity index is 388. The van der Waals surface area contributed by atoms with E-state index in [1.54, 1.807) is 0 Å². The minimum Gasteiger partial charge on any atom is -0.375 e. The summed E-state index contributed by atoms with van der Waals surface area (Å²) >= 11 is 0. The van der Waals surface area contributed by atoms with Gasteiger partial charge in [-0.1, -0.05) is 20.3 Å². The molecular formula is C16H29N3O3. The molecule has 0 radical (unpaired) electrons. The van der Waals surface area contributed by atoms with Crippen molar-refractivity contribution in [3.8, 4) is 0 Å². The fourth-order valence-electron chi connectivity index (χ4n) is 3.40. The minimum absolute atomic E-state index is 0.0177. The number of nitrogens with zero attached hydrogens (tertiary/aromatic N) is 2. The smallest absolute Gasteiger partial charge is 0.246 e. The molecule has 0 aromatic heterocycles. The normalized spacial score (nSPS) is 21.5. The Hall–Kier alpha value is -1.14. The molecule has 0 aliphatic carbocycles. The molecule has 1 unspecified atom stereocenters. The maximum absolute atomic E-state index is 12.8. The number of carbonyl (C=O) groups is 2. The highest BCUT2D eigenvalue weighted by molar-refractivity contribution is 5.84. The van der Waals surface area contributed by atoms with Gasteiger partial charge in [0, 0.05) is 20.2 Å². The Morgan fingerprint density at radius 2 is 1.82 bits per heavy atom. The molecule has 2 saturated heterocycles. The van der Waals surface area contributed by atoms with Crippen molar-refractivity contribution < 1.29 is 14.3 Å². The maximum atomic E-state index is 12.8. The fraction of sp³-hybridized carbons (Fsp3) is 0.875. The highest BCUT2D eigenvalue weighted by Crippen LogP contribution is 2.21. The lowest BCUT2D eigenvalue weighted by atomic mass is 9.96. The summed E-state index contributed by atoms with van der Waals surface area (Å²) in [6, 6.07) is 0.0525. The molecule has 2 fully saturated rings. The van der Waals surface area contributed by atoms with Gasteiger partial charge in [-0.25, -0.2) is 0 Å². The van der Waals surface area contributed by atoms with Gasteiger partial charge in [0.15, 0.2) is 0 Å². The Morgan fingerprint density at radius 3 is 2.36 bits per heavy atom. The number of amides is 2. The Balaban J connectivity index is 1.83. The van der Waals surface area contributed by atoms with Gasteiger partial charge in [0.1, 0.15) is 6.61 Å². The Morgan fingerprint density at radius 1 is 1.18 bits per heavy atom. The maximum Gasteiger partial charge on any atom is 0.246 e. The van der Waals surface area contributed by atoms with Gasteiger partial charge >= 0.3 is 0 Å². The molecule has 2 aliphatic heterocycles. The van der Waals surface area contributed by atoms with Crippen LogP contribution in [0, 0.1) is 5.92 Å². The van der Waals surface area contributed by atoms with Crippen LogP contribution in [0.3, 0.4) is 0 Å². The third-order valence-electron chi connectivity index (χ3n) is 4.50. The summed E-state index contributed by atoms with van der Waals surface area (Å²) in [6.07, 6.45) is 3.64. The Labute approximate surface area is 133 Å². The first-order chi connectivity index (χ1) is 10.5. The monoisotopic (exact) mass is 311 g/mol. The summed E-state index contributed by atoms with van der Waals surface area (Å²) in [7, 11) is 1.50. The topological polar surface area (TPSA) is 61.9 Å². The number of ether oxygens (including phenoxy) is 1.